The van der Waals surface area contributed by atoms with Crippen LogP contribution in [0.3, 0.4) is 0 Å². The third kappa shape index (κ3) is 59.7. The number of allylic oxidation sites excluding steroid dienone is 12. The molecule has 1 atom stereocenters. The average Bonchev–Trinajstić information content (AvgIpc) is 3.40. The molecule has 0 amide bonds. The van der Waals surface area contributed by atoms with Gasteiger partial charge in [0.1, 0.15) is 13.2 Å². The molecule has 74 heavy (non-hydrogen) atoms. The third-order valence-corrected chi connectivity index (χ3v) is 13.9. The maximum Gasteiger partial charge on any atom is 0.306 e. The van der Waals surface area contributed by atoms with Crippen LogP contribution < -0.4 is 0 Å². The lowest BCUT2D eigenvalue weighted by Gasteiger charge is -2.18. The van der Waals surface area contributed by atoms with Gasteiger partial charge in [-0.1, -0.05) is 286 Å². The van der Waals surface area contributed by atoms with Crippen LogP contribution in [0.15, 0.2) is 72.9 Å². The van der Waals surface area contributed by atoms with Crippen molar-refractivity contribution in [1.82, 2.24) is 0 Å². The van der Waals surface area contributed by atoms with Gasteiger partial charge in [0, 0.05) is 19.3 Å². The van der Waals surface area contributed by atoms with Crippen LogP contribution in [0.1, 0.15) is 323 Å². The molecule has 0 aromatic carbocycles. The largest absolute Gasteiger partial charge is 0.462 e. The zero-order valence-electron chi connectivity index (χ0n) is 49.1. The SMILES string of the molecule is CC/C=C\C/C=C\C/C=C\C/C=C\C/C=C\CCCCCCCC(=O)OCC(COC(=O)CCCCCCC/C=C\CCCCCCCCC)OC(=O)CCCCCCCCCCCCCCCCCCCCC. The lowest BCUT2D eigenvalue weighted by atomic mass is 10.0. The van der Waals surface area contributed by atoms with E-state index in [0.717, 1.165) is 116 Å². The summed E-state index contributed by atoms with van der Waals surface area (Å²) < 4.78 is 16.9. The molecule has 0 aromatic rings. The van der Waals surface area contributed by atoms with Crippen molar-refractivity contribution in [1.29, 1.82) is 0 Å². The van der Waals surface area contributed by atoms with Crippen molar-refractivity contribution in [2.75, 3.05) is 13.2 Å². The molecule has 6 heteroatoms. The van der Waals surface area contributed by atoms with Gasteiger partial charge in [-0.25, -0.2) is 0 Å². The van der Waals surface area contributed by atoms with Gasteiger partial charge in [0.05, 0.1) is 0 Å². The Kier molecular flexibility index (Phi) is 59.7. The molecule has 0 fully saturated rings. The maximum atomic E-state index is 12.9. The number of ether oxygens (including phenoxy) is 3. The van der Waals surface area contributed by atoms with Crippen LogP contribution in [-0.4, -0.2) is 37.2 Å². The highest BCUT2D eigenvalue weighted by Gasteiger charge is 2.19. The normalized spacial score (nSPS) is 12.5. The van der Waals surface area contributed by atoms with Crippen LogP contribution in [0.2, 0.25) is 0 Å². The number of hydrogen-bond donors (Lipinski definition) is 0. The number of carbonyl (C=O) groups excluding carboxylic acids is 3. The second-order valence-corrected chi connectivity index (χ2v) is 21.3. The summed E-state index contributed by atoms with van der Waals surface area (Å²) in [5.41, 5.74) is 0. The van der Waals surface area contributed by atoms with E-state index >= 15 is 0 Å². The van der Waals surface area contributed by atoms with E-state index in [1.54, 1.807) is 0 Å². The van der Waals surface area contributed by atoms with Crippen LogP contribution in [0, 0.1) is 0 Å². The second-order valence-electron chi connectivity index (χ2n) is 21.3. The molecule has 0 bridgehead atoms. The molecule has 0 saturated heterocycles. The smallest absolute Gasteiger partial charge is 0.306 e. The first-order chi connectivity index (χ1) is 36.5. The number of carbonyl (C=O) groups is 3. The first-order valence-corrected chi connectivity index (χ1v) is 31.9. The van der Waals surface area contributed by atoms with Gasteiger partial charge in [-0.05, 0) is 89.9 Å². The molecular weight excluding hydrogens is 913 g/mol. The Labute approximate surface area is 459 Å². The van der Waals surface area contributed by atoms with Crippen LogP contribution in [0.25, 0.3) is 0 Å². The van der Waals surface area contributed by atoms with Gasteiger partial charge in [-0.2, -0.15) is 0 Å². The second kappa shape index (κ2) is 62.4. The summed E-state index contributed by atoms with van der Waals surface area (Å²) in [6.45, 7) is 6.55. The number of esters is 3. The Morgan fingerprint density at radius 3 is 0.838 bits per heavy atom. The zero-order chi connectivity index (χ0) is 53.6. The van der Waals surface area contributed by atoms with Gasteiger partial charge in [0.15, 0.2) is 6.10 Å². The lowest BCUT2D eigenvalue weighted by Crippen LogP contribution is -2.30. The summed E-state index contributed by atoms with van der Waals surface area (Å²) in [7, 11) is 0. The molecule has 0 spiro atoms. The third-order valence-electron chi connectivity index (χ3n) is 13.9. The van der Waals surface area contributed by atoms with Gasteiger partial charge in [-0.15, -0.1) is 0 Å². The van der Waals surface area contributed by atoms with Crippen molar-refractivity contribution in [3.8, 4) is 0 Å². The predicted molar refractivity (Wildman–Crippen MR) is 321 cm³/mol. The predicted octanol–water partition coefficient (Wildman–Crippen LogP) is 21.7. The quantitative estimate of drug-likeness (QED) is 0.0261. The van der Waals surface area contributed by atoms with Gasteiger partial charge in [0.2, 0.25) is 0 Å². The minimum Gasteiger partial charge on any atom is -0.462 e. The minimum absolute atomic E-state index is 0.0832. The van der Waals surface area contributed by atoms with E-state index in [-0.39, 0.29) is 31.1 Å². The van der Waals surface area contributed by atoms with Crippen LogP contribution in [0.5, 0.6) is 0 Å². The van der Waals surface area contributed by atoms with Gasteiger partial charge >= 0.3 is 17.9 Å². The number of hydrogen-bond acceptors (Lipinski definition) is 6. The Morgan fingerprint density at radius 2 is 0.527 bits per heavy atom. The summed E-state index contributed by atoms with van der Waals surface area (Å²) in [6, 6.07) is 0. The van der Waals surface area contributed by atoms with E-state index in [2.05, 4.69) is 93.7 Å². The van der Waals surface area contributed by atoms with E-state index < -0.39 is 6.10 Å². The number of unbranched alkanes of at least 4 members (excludes halogenated alkanes) is 35. The van der Waals surface area contributed by atoms with E-state index in [1.807, 2.05) is 0 Å². The fraction of sp³-hybridized carbons (Fsp3) is 0.779. The molecule has 0 aliphatic rings. The molecule has 0 aromatic heterocycles. The van der Waals surface area contributed by atoms with E-state index in [1.165, 1.54) is 167 Å². The van der Waals surface area contributed by atoms with Gasteiger partial charge < -0.3 is 14.2 Å². The molecule has 0 rings (SSSR count). The standard InChI is InChI=1S/C68H120O6/c1-4-7-10-13-16-19-22-25-28-31-33-34-36-37-40-43-46-49-52-55-58-61-67(70)73-64-65(63-72-66(69)60-57-54-51-48-45-42-39-30-27-24-21-18-15-12-9-6-3)74-68(71)62-59-56-53-50-47-44-41-38-35-32-29-26-23-20-17-14-11-8-5-2/h7,10,16,19,25,28,30,33-34,37,39-40,65H,4-6,8-9,11-15,17-18,20-24,26-27,29,31-32,35-36,38,41-64H2,1-3H3/b10-7-,19-16-,28-25-,34-33-,39-30-,40-37-. The summed E-state index contributed by atoms with van der Waals surface area (Å²) in [5.74, 6) is -0.893. The minimum atomic E-state index is -0.787. The molecular formula is C68H120O6. The Balaban J connectivity index is 4.40. The van der Waals surface area contributed by atoms with Crippen LogP contribution in [0.4, 0.5) is 0 Å². The van der Waals surface area contributed by atoms with Crippen LogP contribution in [-0.2, 0) is 28.6 Å². The van der Waals surface area contributed by atoms with E-state index in [0.29, 0.717) is 19.3 Å². The molecule has 0 radical (unpaired) electrons. The highest BCUT2D eigenvalue weighted by atomic mass is 16.6. The molecule has 0 aliphatic heterocycles. The first kappa shape index (κ1) is 70.8. The summed E-state index contributed by atoms with van der Waals surface area (Å²) >= 11 is 0. The van der Waals surface area contributed by atoms with Gasteiger partial charge in [-0.3, -0.25) is 14.4 Å². The highest BCUT2D eigenvalue weighted by molar-refractivity contribution is 5.71. The summed E-state index contributed by atoms with van der Waals surface area (Å²) in [4.78, 5) is 38.3. The van der Waals surface area contributed by atoms with Crippen molar-refractivity contribution in [3.63, 3.8) is 0 Å². The Bertz CT molecular complexity index is 1370. The highest BCUT2D eigenvalue weighted by Crippen LogP contribution is 2.17. The van der Waals surface area contributed by atoms with Crippen molar-refractivity contribution in [3.05, 3.63) is 72.9 Å². The summed E-state index contributed by atoms with van der Waals surface area (Å²) in [6.07, 6.45) is 80.4. The Morgan fingerprint density at radius 1 is 0.284 bits per heavy atom. The van der Waals surface area contributed by atoms with Crippen molar-refractivity contribution >= 4 is 17.9 Å². The van der Waals surface area contributed by atoms with E-state index in [9.17, 15) is 14.4 Å². The molecule has 1 unspecified atom stereocenters. The molecule has 428 valence electrons. The fourth-order valence-corrected chi connectivity index (χ4v) is 9.17. The first-order valence-electron chi connectivity index (χ1n) is 31.9. The average molecular weight is 1030 g/mol. The Hall–Kier alpha value is -3.15. The van der Waals surface area contributed by atoms with Crippen molar-refractivity contribution in [2.45, 2.75) is 329 Å². The monoisotopic (exact) mass is 1030 g/mol. The summed E-state index contributed by atoms with van der Waals surface area (Å²) in [5, 5.41) is 0. The van der Waals surface area contributed by atoms with Gasteiger partial charge in [0.25, 0.3) is 0 Å². The lowest BCUT2D eigenvalue weighted by molar-refractivity contribution is -0.167. The number of rotatable bonds is 58. The molecule has 0 aliphatic carbocycles. The maximum absolute atomic E-state index is 12.9. The van der Waals surface area contributed by atoms with E-state index in [4.69, 9.17) is 14.2 Å². The molecule has 6 nitrogen and oxygen atoms in total. The topological polar surface area (TPSA) is 78.9 Å². The fourth-order valence-electron chi connectivity index (χ4n) is 9.17. The van der Waals surface area contributed by atoms with Crippen molar-refractivity contribution < 1.29 is 28.6 Å². The molecule has 0 heterocycles. The van der Waals surface area contributed by atoms with Crippen LogP contribution >= 0.6 is 0 Å². The molecule has 0 saturated carbocycles. The van der Waals surface area contributed by atoms with Crippen molar-refractivity contribution in [2.24, 2.45) is 0 Å². The zero-order valence-corrected chi connectivity index (χ0v) is 49.1. The molecule has 0 N–H and O–H groups in total.